The van der Waals surface area contributed by atoms with Gasteiger partial charge in [0.05, 0.1) is 0 Å². The van der Waals surface area contributed by atoms with E-state index in [1.165, 1.54) is 47.1 Å². The van der Waals surface area contributed by atoms with Crippen molar-refractivity contribution in [2.24, 2.45) is 35.5 Å². The van der Waals surface area contributed by atoms with Crippen molar-refractivity contribution >= 4 is 7.28 Å². The van der Waals surface area contributed by atoms with Crippen molar-refractivity contribution in [2.45, 2.75) is 37.3 Å². The number of rotatable bonds is 0. The van der Waals surface area contributed by atoms with E-state index in [1.54, 1.807) is 33.0 Å². The lowest BCUT2D eigenvalue weighted by Crippen LogP contribution is -2.66. The topological polar surface area (TPSA) is 0 Å². The molecule has 0 aromatic carbocycles. The normalized spacial score (nSPS) is 75.1. The van der Waals surface area contributed by atoms with E-state index in [-0.39, 0.29) is 0 Å². The molecule has 1 saturated heterocycles. The molecule has 0 radical (unpaired) electrons. The Morgan fingerprint density at radius 3 is 2.08 bits per heavy atom. The van der Waals surface area contributed by atoms with Gasteiger partial charge in [-0.2, -0.15) is 0 Å². The summed E-state index contributed by atoms with van der Waals surface area (Å²) in [6.07, 6.45) is 6.45. The van der Waals surface area contributed by atoms with Gasteiger partial charge in [-0.1, -0.05) is 24.5 Å². The van der Waals surface area contributed by atoms with Crippen molar-refractivity contribution in [3.8, 4) is 0 Å². The van der Waals surface area contributed by atoms with Gasteiger partial charge in [0.1, 0.15) is 7.28 Å². The molecule has 5 rings (SSSR count). The van der Waals surface area contributed by atoms with Crippen molar-refractivity contribution in [1.29, 1.82) is 0 Å². The van der Waals surface area contributed by atoms with Crippen molar-refractivity contribution in [3.05, 3.63) is 0 Å². The minimum absolute atomic E-state index is 1.22. The molecule has 0 aromatic rings. The Morgan fingerprint density at radius 1 is 0.692 bits per heavy atom. The van der Waals surface area contributed by atoms with Gasteiger partial charge < -0.3 is 0 Å². The fourth-order valence-electron chi connectivity index (χ4n) is 6.14. The third-order valence-corrected chi connectivity index (χ3v) is 6.80. The SMILES string of the molecule is B1C2CCC2C2C1C1C3CCC3C21. The molecule has 13 heavy (non-hydrogen) atoms. The predicted octanol–water partition coefficient (Wildman–Crippen LogP) is 2.33. The summed E-state index contributed by atoms with van der Waals surface area (Å²) in [5, 5.41) is 0. The summed E-state index contributed by atoms with van der Waals surface area (Å²) >= 11 is 0. The van der Waals surface area contributed by atoms with Crippen LogP contribution >= 0.6 is 0 Å². The highest BCUT2D eigenvalue weighted by Gasteiger charge is 2.73. The Bertz CT molecular complexity index is 281. The second kappa shape index (κ2) is 1.75. The lowest BCUT2D eigenvalue weighted by Gasteiger charge is -2.73. The molecule has 0 aromatic heterocycles. The first-order chi connectivity index (χ1) is 6.45. The summed E-state index contributed by atoms with van der Waals surface area (Å²) in [6, 6.07) is 0. The van der Waals surface area contributed by atoms with Crippen molar-refractivity contribution in [2.75, 3.05) is 0 Å². The smallest absolute Gasteiger partial charge is 0.0624 e. The van der Waals surface area contributed by atoms with E-state index in [9.17, 15) is 0 Å². The van der Waals surface area contributed by atoms with Crippen LogP contribution in [-0.2, 0) is 0 Å². The second-order valence-electron chi connectivity index (χ2n) is 6.54. The molecule has 0 N–H and O–H groups in total. The van der Waals surface area contributed by atoms with E-state index in [0.717, 1.165) is 0 Å². The zero-order valence-electron chi connectivity index (χ0n) is 8.15. The van der Waals surface area contributed by atoms with E-state index in [4.69, 9.17) is 0 Å². The number of fused-ring (bicyclic) bond motifs is 9. The summed E-state index contributed by atoms with van der Waals surface area (Å²) in [6.45, 7) is 0. The Balaban J connectivity index is 1.52. The lowest BCUT2D eigenvalue weighted by atomic mass is 9.28. The lowest BCUT2D eigenvalue weighted by molar-refractivity contribution is -0.216. The Labute approximate surface area is 80.7 Å². The first-order valence-electron chi connectivity index (χ1n) is 6.45. The summed E-state index contributed by atoms with van der Waals surface area (Å²) in [4.78, 5) is 0. The van der Waals surface area contributed by atoms with Gasteiger partial charge in [0.2, 0.25) is 0 Å². The highest BCUT2D eigenvalue weighted by atomic mass is 14.7. The van der Waals surface area contributed by atoms with Crippen LogP contribution in [0.2, 0.25) is 11.6 Å². The fourth-order valence-corrected chi connectivity index (χ4v) is 6.14. The molecule has 1 aliphatic heterocycles. The molecule has 0 bridgehead atoms. The van der Waals surface area contributed by atoms with Gasteiger partial charge >= 0.3 is 0 Å². The monoisotopic (exact) mass is 172 g/mol. The van der Waals surface area contributed by atoms with Crippen LogP contribution in [0.5, 0.6) is 0 Å². The van der Waals surface area contributed by atoms with Crippen LogP contribution in [0.3, 0.4) is 0 Å². The van der Waals surface area contributed by atoms with E-state index in [1.807, 2.05) is 0 Å². The summed E-state index contributed by atoms with van der Waals surface area (Å²) in [7, 11) is 1.67. The molecular weight excluding hydrogens is 155 g/mol. The van der Waals surface area contributed by atoms with Crippen LogP contribution < -0.4 is 0 Å². The molecule has 8 atom stereocenters. The summed E-state index contributed by atoms with van der Waals surface area (Å²) in [5.74, 6) is 10.0. The van der Waals surface area contributed by atoms with Crippen LogP contribution in [-0.4, -0.2) is 7.28 Å². The van der Waals surface area contributed by atoms with E-state index in [0.29, 0.717) is 0 Å². The molecule has 4 saturated carbocycles. The van der Waals surface area contributed by atoms with Crippen molar-refractivity contribution in [3.63, 3.8) is 0 Å². The molecule has 5 fully saturated rings. The maximum Gasteiger partial charge on any atom is 0.128 e. The van der Waals surface area contributed by atoms with Gasteiger partial charge in [0.15, 0.2) is 0 Å². The quantitative estimate of drug-likeness (QED) is 0.492. The molecule has 1 heterocycles. The van der Waals surface area contributed by atoms with E-state index in [2.05, 4.69) is 0 Å². The zero-order chi connectivity index (χ0) is 8.15. The van der Waals surface area contributed by atoms with Crippen LogP contribution in [0, 0.1) is 35.5 Å². The van der Waals surface area contributed by atoms with Crippen LogP contribution in [0.4, 0.5) is 0 Å². The van der Waals surface area contributed by atoms with Gasteiger partial charge in [-0.3, -0.25) is 0 Å². The van der Waals surface area contributed by atoms with E-state index >= 15 is 0 Å². The summed E-state index contributed by atoms with van der Waals surface area (Å²) < 4.78 is 0. The van der Waals surface area contributed by atoms with Crippen LogP contribution in [0.1, 0.15) is 25.7 Å². The van der Waals surface area contributed by atoms with E-state index < -0.39 is 0 Å². The Morgan fingerprint density at radius 2 is 1.38 bits per heavy atom. The van der Waals surface area contributed by atoms with Gasteiger partial charge in [0, 0.05) is 0 Å². The molecule has 0 nitrogen and oxygen atoms in total. The van der Waals surface area contributed by atoms with Gasteiger partial charge in [-0.05, 0) is 48.3 Å². The minimum atomic E-state index is 1.22. The second-order valence-corrected chi connectivity index (χ2v) is 6.54. The molecule has 4 aliphatic carbocycles. The van der Waals surface area contributed by atoms with Crippen LogP contribution in [0.25, 0.3) is 0 Å². The highest BCUT2D eigenvalue weighted by Crippen LogP contribution is 2.80. The fraction of sp³-hybridized carbons (Fsp3) is 1.00. The molecule has 68 valence electrons. The van der Waals surface area contributed by atoms with Crippen molar-refractivity contribution < 1.29 is 0 Å². The molecule has 8 unspecified atom stereocenters. The number of hydrogen-bond donors (Lipinski definition) is 0. The first-order valence-corrected chi connectivity index (χ1v) is 6.45. The molecule has 5 aliphatic rings. The standard InChI is InChI=1S/C12H17B/c1-2-6-5(1)9-10(6)12-11(9)7-3-4-8(7)13-12/h5-13H,1-4H2. The Hall–Kier alpha value is 0.0649. The molecule has 0 spiro atoms. The Kier molecular flexibility index (Phi) is 0.878. The summed E-state index contributed by atoms with van der Waals surface area (Å²) in [5.41, 5.74) is 0. The van der Waals surface area contributed by atoms with Gasteiger partial charge in [-0.15, -0.1) is 0 Å². The predicted molar refractivity (Wildman–Crippen MR) is 54.1 cm³/mol. The maximum atomic E-state index is 1.67. The largest absolute Gasteiger partial charge is 0.128 e. The number of hydrogen-bond acceptors (Lipinski definition) is 0. The average molecular weight is 172 g/mol. The van der Waals surface area contributed by atoms with Gasteiger partial charge in [0.25, 0.3) is 0 Å². The van der Waals surface area contributed by atoms with Crippen LogP contribution in [0.15, 0.2) is 0 Å². The van der Waals surface area contributed by atoms with Crippen molar-refractivity contribution in [1.82, 2.24) is 0 Å². The molecule has 1 heteroatoms. The third kappa shape index (κ3) is 0.488. The first kappa shape index (κ1) is 6.53. The molecule has 0 amide bonds. The minimum Gasteiger partial charge on any atom is -0.0624 e. The van der Waals surface area contributed by atoms with Gasteiger partial charge in [-0.25, -0.2) is 0 Å². The average Bonchev–Trinajstić information content (AvgIpc) is 2.26. The molecular formula is C12H17B. The highest BCUT2D eigenvalue weighted by molar-refractivity contribution is 6.42. The maximum absolute atomic E-state index is 1.67. The zero-order valence-corrected chi connectivity index (χ0v) is 8.15. The third-order valence-electron chi connectivity index (χ3n) is 6.80.